The topological polar surface area (TPSA) is 192 Å². The maximum atomic E-state index is 14.4. The number of benzene rings is 3. The Labute approximate surface area is 374 Å². The number of nitro groups is 1. The number of ether oxygens (including phenoxy) is 5. The van der Waals surface area contributed by atoms with Crippen LogP contribution in [-0.4, -0.2) is 102 Å². The quantitative estimate of drug-likeness (QED) is 0.0303. The van der Waals surface area contributed by atoms with Crippen molar-refractivity contribution in [1.82, 2.24) is 4.90 Å². The molecule has 1 amide bonds. The zero-order chi connectivity index (χ0) is 45.3. The van der Waals surface area contributed by atoms with E-state index in [4.69, 9.17) is 33.7 Å². The summed E-state index contributed by atoms with van der Waals surface area (Å²) in [6.45, 7) is 8.20. The standard InChI is InChI=1S/C49H61N3O12/c1-3-5-27-60-48(56)51(22-28-59-29-25-55)45-33-43(50-62-34-35-14-7-6-8-15-35)41-30-36(16-9-11-23-53)40(19-10-12-24-54)46-42-32-39(63-38-18-13-17-37(31-38)52(57)58)20-21-44(42)64-49(45,47(41)46)61-26-4-2/h3-4,6-8,13-15,17-18,20-21,30-32,36,40,45-47,53-55H,1-2,5,9-12,16,19,22-29,33-34H2/t36-,40+,45-,46+,47+,49+/m0/s1. The Morgan fingerprint density at radius 3 is 2.44 bits per heavy atom. The molecule has 15 nitrogen and oxygen atoms in total. The summed E-state index contributed by atoms with van der Waals surface area (Å²) < 4.78 is 32.2. The highest BCUT2D eigenvalue weighted by molar-refractivity contribution is 6.03. The smallest absolute Gasteiger partial charge is 0.410 e. The number of fused-ring (bicyclic) bond motifs is 2. The predicted molar refractivity (Wildman–Crippen MR) is 240 cm³/mol. The van der Waals surface area contributed by atoms with E-state index >= 15 is 0 Å². The lowest BCUT2D eigenvalue weighted by Gasteiger charge is -2.59. The number of carbonyl (C=O) groups is 1. The summed E-state index contributed by atoms with van der Waals surface area (Å²) in [6.07, 6.45) is 9.66. The number of non-ortho nitro benzene ring substituents is 1. The first kappa shape index (κ1) is 47.9. The van der Waals surface area contributed by atoms with Gasteiger partial charge in [0.2, 0.25) is 5.79 Å². The molecule has 0 radical (unpaired) electrons. The Kier molecular flexibility index (Phi) is 17.9. The van der Waals surface area contributed by atoms with E-state index < -0.39 is 28.8 Å². The van der Waals surface area contributed by atoms with Gasteiger partial charge in [0.05, 0.1) is 55.7 Å². The Hall–Kier alpha value is -5.58. The Morgan fingerprint density at radius 2 is 1.70 bits per heavy atom. The van der Waals surface area contributed by atoms with E-state index in [1.807, 2.05) is 42.5 Å². The van der Waals surface area contributed by atoms with Crippen LogP contribution >= 0.6 is 0 Å². The molecule has 1 fully saturated rings. The van der Waals surface area contributed by atoms with E-state index in [0.717, 1.165) is 36.0 Å². The summed E-state index contributed by atoms with van der Waals surface area (Å²) in [5.74, 6) is -1.38. The lowest BCUT2D eigenvalue weighted by atomic mass is 9.55. The van der Waals surface area contributed by atoms with E-state index in [9.17, 15) is 30.2 Å². The van der Waals surface area contributed by atoms with Crippen molar-refractivity contribution in [3.05, 3.63) is 131 Å². The fourth-order valence-corrected chi connectivity index (χ4v) is 9.28. The number of nitro benzene ring substituents is 1. The minimum atomic E-state index is -1.56. The molecule has 0 unspecified atom stereocenters. The van der Waals surface area contributed by atoms with Crippen molar-refractivity contribution in [1.29, 1.82) is 0 Å². The van der Waals surface area contributed by atoms with Gasteiger partial charge >= 0.3 is 6.09 Å². The van der Waals surface area contributed by atoms with Crippen LogP contribution in [-0.2, 0) is 25.7 Å². The van der Waals surface area contributed by atoms with E-state index in [-0.39, 0.29) is 95.0 Å². The van der Waals surface area contributed by atoms with Crippen LogP contribution in [0.4, 0.5) is 10.5 Å². The molecule has 1 saturated carbocycles. The van der Waals surface area contributed by atoms with Gasteiger partial charge in [0.25, 0.3) is 5.69 Å². The number of nitrogens with zero attached hydrogens (tertiary/aromatic N) is 3. The summed E-state index contributed by atoms with van der Waals surface area (Å²) in [7, 11) is 0. The normalized spacial score (nSPS) is 22.6. The van der Waals surface area contributed by atoms with Crippen LogP contribution in [0.1, 0.15) is 68.4 Å². The molecule has 344 valence electrons. The van der Waals surface area contributed by atoms with Crippen molar-refractivity contribution in [3.8, 4) is 17.2 Å². The molecule has 3 aromatic rings. The minimum absolute atomic E-state index is 0.0198. The van der Waals surface area contributed by atoms with Gasteiger partial charge in [-0.05, 0) is 79.3 Å². The average molecular weight is 884 g/mol. The van der Waals surface area contributed by atoms with Crippen LogP contribution in [0, 0.1) is 27.9 Å². The second-order valence-corrected chi connectivity index (χ2v) is 16.1. The lowest BCUT2D eigenvalue weighted by Crippen LogP contribution is -2.70. The zero-order valence-corrected chi connectivity index (χ0v) is 36.3. The molecule has 0 bridgehead atoms. The van der Waals surface area contributed by atoms with Gasteiger partial charge in [-0.3, -0.25) is 15.0 Å². The van der Waals surface area contributed by atoms with Crippen LogP contribution in [0.3, 0.4) is 0 Å². The van der Waals surface area contributed by atoms with Gasteiger partial charge < -0.3 is 43.8 Å². The SMILES string of the molecule is C=CCCOC(=O)N(CCOCCO)[C@H]1CC(=NOCc2ccccc2)C2=C[C@H](CCCCO)[C@@H](CCCCO)[C@@H]3c4cc(Oc5cccc([N+](=O)[O-])c5)ccc4O[C@@]1(OCC=C)[C@H]23. The number of aliphatic hydroxyl groups is 3. The van der Waals surface area contributed by atoms with Gasteiger partial charge in [0.1, 0.15) is 29.9 Å². The number of amides is 1. The molecule has 1 aliphatic heterocycles. The molecule has 2 aliphatic carbocycles. The van der Waals surface area contributed by atoms with Crippen molar-refractivity contribution in [2.24, 2.45) is 22.9 Å². The molecule has 6 atom stereocenters. The van der Waals surface area contributed by atoms with Gasteiger partial charge in [0.15, 0.2) is 0 Å². The number of allylic oxidation sites excluding steroid dienone is 1. The number of unbranched alkanes of at least 4 members (excludes halogenated alkanes) is 2. The fraction of sp³-hybridized carbons (Fsp3) is 0.469. The maximum absolute atomic E-state index is 14.4. The van der Waals surface area contributed by atoms with Gasteiger partial charge in [-0.2, -0.15) is 0 Å². The highest BCUT2D eigenvalue weighted by Gasteiger charge is 2.65. The first-order valence-corrected chi connectivity index (χ1v) is 22.2. The van der Waals surface area contributed by atoms with Crippen molar-refractivity contribution in [2.75, 3.05) is 52.8 Å². The highest BCUT2D eigenvalue weighted by Crippen LogP contribution is 2.62. The molecule has 3 aliphatic rings. The Morgan fingerprint density at radius 1 is 0.922 bits per heavy atom. The van der Waals surface area contributed by atoms with Crippen molar-refractivity contribution in [2.45, 2.75) is 75.7 Å². The van der Waals surface area contributed by atoms with Crippen LogP contribution in [0.25, 0.3) is 0 Å². The van der Waals surface area contributed by atoms with E-state index in [2.05, 4.69) is 19.2 Å². The number of rotatable bonds is 26. The molecule has 64 heavy (non-hydrogen) atoms. The molecule has 0 spiro atoms. The molecule has 0 saturated heterocycles. The summed E-state index contributed by atoms with van der Waals surface area (Å²) >= 11 is 0. The summed E-state index contributed by atoms with van der Waals surface area (Å²) in [5.41, 5.74) is 3.07. The molecular formula is C49H61N3O12. The number of carbonyl (C=O) groups excluding carboxylic acids is 1. The van der Waals surface area contributed by atoms with E-state index in [1.54, 1.807) is 35.3 Å². The van der Waals surface area contributed by atoms with Gasteiger partial charge in [-0.1, -0.05) is 72.6 Å². The van der Waals surface area contributed by atoms with E-state index in [0.29, 0.717) is 42.9 Å². The molecule has 3 aromatic carbocycles. The van der Waals surface area contributed by atoms with Crippen molar-refractivity contribution >= 4 is 17.5 Å². The van der Waals surface area contributed by atoms with Crippen LogP contribution in [0.5, 0.6) is 17.2 Å². The third-order valence-electron chi connectivity index (χ3n) is 12.0. The number of oxime groups is 1. The largest absolute Gasteiger partial charge is 0.459 e. The summed E-state index contributed by atoms with van der Waals surface area (Å²) in [4.78, 5) is 33.4. The Bertz CT molecular complexity index is 2080. The van der Waals surface area contributed by atoms with Crippen LogP contribution < -0.4 is 9.47 Å². The third kappa shape index (κ3) is 11.6. The predicted octanol–water partition coefficient (Wildman–Crippen LogP) is 8.24. The second-order valence-electron chi connectivity index (χ2n) is 16.1. The third-order valence-corrected chi connectivity index (χ3v) is 12.0. The van der Waals surface area contributed by atoms with Crippen LogP contribution in [0.15, 0.2) is 115 Å². The average Bonchev–Trinajstić information content (AvgIpc) is 3.30. The number of hydrogen-bond acceptors (Lipinski definition) is 13. The molecule has 1 heterocycles. The zero-order valence-electron chi connectivity index (χ0n) is 36.3. The molecule has 0 aromatic heterocycles. The van der Waals surface area contributed by atoms with Crippen LogP contribution in [0.2, 0.25) is 0 Å². The second kappa shape index (κ2) is 23.9. The van der Waals surface area contributed by atoms with Gasteiger partial charge in [-0.25, -0.2) is 4.79 Å². The Balaban J connectivity index is 1.58. The van der Waals surface area contributed by atoms with Crippen molar-refractivity contribution in [3.63, 3.8) is 0 Å². The number of hydrogen-bond donors (Lipinski definition) is 3. The van der Waals surface area contributed by atoms with Gasteiger partial charge in [0, 0.05) is 43.7 Å². The molecular weight excluding hydrogens is 823 g/mol. The molecule has 6 rings (SSSR count). The first-order chi connectivity index (χ1) is 31.3. The minimum Gasteiger partial charge on any atom is -0.459 e. The fourth-order valence-electron chi connectivity index (χ4n) is 9.28. The lowest BCUT2D eigenvalue weighted by molar-refractivity contribution is -0.384. The number of aliphatic hydroxyl groups excluding tert-OH is 3. The van der Waals surface area contributed by atoms with Gasteiger partial charge in [-0.15, -0.1) is 13.2 Å². The monoisotopic (exact) mass is 883 g/mol. The first-order valence-electron chi connectivity index (χ1n) is 22.2. The summed E-state index contributed by atoms with van der Waals surface area (Å²) in [6, 6.07) is 20.3. The highest BCUT2D eigenvalue weighted by atomic mass is 16.7. The maximum Gasteiger partial charge on any atom is 0.410 e. The summed E-state index contributed by atoms with van der Waals surface area (Å²) in [5, 5.41) is 46.0. The molecule has 3 N–H and O–H groups in total. The van der Waals surface area contributed by atoms with E-state index in [1.165, 1.54) is 12.1 Å². The molecule has 15 heteroatoms. The van der Waals surface area contributed by atoms with Crippen molar-refractivity contribution < 1.29 is 53.6 Å².